The van der Waals surface area contributed by atoms with E-state index in [1.165, 1.54) is 32.1 Å². The molecule has 0 unspecified atom stereocenters. The van der Waals surface area contributed by atoms with E-state index in [2.05, 4.69) is 34.2 Å². The highest BCUT2D eigenvalue weighted by Gasteiger charge is 2.52. The Balaban J connectivity index is 1.33. The van der Waals surface area contributed by atoms with Gasteiger partial charge in [-0.15, -0.1) is 10.7 Å². The largest absolute Gasteiger partial charge is 0.334 e. The Morgan fingerprint density at radius 1 is 1.30 bits per heavy atom. The Morgan fingerprint density at radius 3 is 2.96 bits per heavy atom. The fraction of sp³-hybridized carbons (Fsp3) is 0.588. The fourth-order valence-electron chi connectivity index (χ4n) is 4.77. The number of hydrogen-bond acceptors (Lipinski definition) is 5. The summed E-state index contributed by atoms with van der Waals surface area (Å²) in [5.74, 6) is 1.55. The van der Waals surface area contributed by atoms with Crippen LogP contribution < -0.4 is 11.0 Å². The number of hydrogen-bond donors (Lipinski definition) is 2. The SMILES string of the molecule is Cn1cnc2cc(NN3C[C@]4(CC5CCC4CC5)ON3)ccc21. The number of nitrogens with one attached hydrogen (secondary N) is 2. The molecule has 122 valence electrons. The first-order valence-corrected chi connectivity index (χ1v) is 8.61. The van der Waals surface area contributed by atoms with Crippen LogP contribution in [0.2, 0.25) is 0 Å². The molecule has 4 fully saturated rings. The summed E-state index contributed by atoms with van der Waals surface area (Å²) in [6.45, 7) is 0.897. The Hall–Kier alpha value is -1.63. The molecule has 2 N–H and O–H groups in total. The van der Waals surface area contributed by atoms with E-state index < -0.39 is 0 Å². The summed E-state index contributed by atoms with van der Waals surface area (Å²) in [7, 11) is 2.01. The lowest BCUT2D eigenvalue weighted by molar-refractivity contribution is -0.146. The first kappa shape index (κ1) is 13.8. The number of nitrogens with zero attached hydrogens (tertiary/aromatic N) is 3. The van der Waals surface area contributed by atoms with Crippen LogP contribution in [0.25, 0.3) is 11.0 Å². The zero-order valence-corrected chi connectivity index (χ0v) is 13.5. The number of anilines is 1. The molecule has 6 nitrogen and oxygen atoms in total. The van der Waals surface area contributed by atoms with Gasteiger partial charge in [-0.2, -0.15) is 0 Å². The average Bonchev–Trinajstić information content (AvgIpc) is 3.13. The standard InChI is InChI=1S/C17H23N5O/c1-21-11-18-15-8-14(6-7-16(15)21)19-22-10-17(23-20-22)9-12-2-4-13(17)5-3-12/h6-8,11-13,19-20H,2-5,9-10H2,1H3/t12?,13?,17-/m0/s1. The molecule has 0 radical (unpaired) electrons. The minimum Gasteiger partial charge on any atom is -0.334 e. The summed E-state index contributed by atoms with van der Waals surface area (Å²) in [6, 6.07) is 6.26. The van der Waals surface area contributed by atoms with E-state index in [4.69, 9.17) is 4.84 Å². The van der Waals surface area contributed by atoms with Gasteiger partial charge in [0.15, 0.2) is 0 Å². The number of hydrazine groups is 2. The molecule has 1 aromatic carbocycles. The van der Waals surface area contributed by atoms with Crippen LogP contribution in [0.5, 0.6) is 0 Å². The average molecular weight is 313 g/mol. The van der Waals surface area contributed by atoms with Crippen molar-refractivity contribution in [2.24, 2.45) is 18.9 Å². The second-order valence-electron chi connectivity index (χ2n) is 7.44. The third-order valence-corrected chi connectivity index (χ3v) is 6.00. The molecule has 3 aliphatic carbocycles. The fourth-order valence-corrected chi connectivity index (χ4v) is 4.77. The maximum atomic E-state index is 6.09. The van der Waals surface area contributed by atoms with Gasteiger partial charge in [-0.25, -0.2) is 4.98 Å². The van der Waals surface area contributed by atoms with Gasteiger partial charge >= 0.3 is 0 Å². The third kappa shape index (κ3) is 2.16. The second-order valence-corrected chi connectivity index (χ2v) is 7.44. The summed E-state index contributed by atoms with van der Waals surface area (Å²) in [4.78, 5) is 10.5. The zero-order valence-electron chi connectivity index (χ0n) is 13.5. The maximum absolute atomic E-state index is 6.09. The highest BCUT2D eigenvalue weighted by Crippen LogP contribution is 2.50. The molecule has 1 aromatic heterocycles. The molecule has 2 aromatic rings. The molecule has 23 heavy (non-hydrogen) atoms. The van der Waals surface area contributed by atoms with Crippen molar-refractivity contribution >= 4 is 16.7 Å². The lowest BCUT2D eigenvalue weighted by Gasteiger charge is -2.47. The van der Waals surface area contributed by atoms with Gasteiger partial charge in [-0.05, 0) is 62.1 Å². The molecule has 2 heterocycles. The van der Waals surface area contributed by atoms with Crippen molar-refractivity contribution in [3.63, 3.8) is 0 Å². The number of rotatable bonds is 2. The first-order valence-electron chi connectivity index (χ1n) is 8.61. The van der Waals surface area contributed by atoms with Crippen molar-refractivity contribution in [1.29, 1.82) is 0 Å². The summed E-state index contributed by atoms with van der Waals surface area (Å²) < 4.78 is 2.03. The zero-order chi connectivity index (χ0) is 15.4. The quantitative estimate of drug-likeness (QED) is 0.892. The summed E-state index contributed by atoms with van der Waals surface area (Å²) >= 11 is 0. The molecular formula is C17H23N5O. The summed E-state index contributed by atoms with van der Waals surface area (Å²) in [5.41, 5.74) is 9.70. The van der Waals surface area contributed by atoms with Gasteiger partial charge in [0.05, 0.1) is 29.6 Å². The molecule has 0 amide bonds. The van der Waals surface area contributed by atoms with Crippen LogP contribution in [-0.2, 0) is 11.9 Å². The Kier molecular flexibility index (Phi) is 2.95. The molecular weight excluding hydrogens is 290 g/mol. The van der Waals surface area contributed by atoms with Crippen molar-refractivity contribution < 1.29 is 4.84 Å². The van der Waals surface area contributed by atoms with Crippen molar-refractivity contribution in [1.82, 2.24) is 20.3 Å². The van der Waals surface area contributed by atoms with Crippen LogP contribution in [0.15, 0.2) is 24.5 Å². The normalized spacial score (nSPS) is 33.8. The van der Waals surface area contributed by atoms with Crippen LogP contribution in [0.3, 0.4) is 0 Å². The van der Waals surface area contributed by atoms with Crippen molar-refractivity contribution in [2.45, 2.75) is 37.7 Å². The highest BCUT2D eigenvalue weighted by molar-refractivity contribution is 5.79. The number of imidazole rings is 1. The third-order valence-electron chi connectivity index (χ3n) is 6.00. The van der Waals surface area contributed by atoms with Gasteiger partial charge < -0.3 is 9.99 Å². The molecule has 1 atom stereocenters. The number of aromatic nitrogens is 2. The lowest BCUT2D eigenvalue weighted by Crippen LogP contribution is -2.50. The smallest absolute Gasteiger partial charge is 0.110 e. The lowest BCUT2D eigenvalue weighted by atomic mass is 9.62. The predicted octanol–water partition coefficient (Wildman–Crippen LogP) is 2.60. The van der Waals surface area contributed by atoms with Crippen LogP contribution in [-0.4, -0.2) is 26.8 Å². The van der Waals surface area contributed by atoms with E-state index in [0.717, 1.165) is 29.2 Å². The Morgan fingerprint density at radius 2 is 2.17 bits per heavy atom. The van der Waals surface area contributed by atoms with E-state index in [-0.39, 0.29) is 5.60 Å². The topological polar surface area (TPSA) is 54.4 Å². The van der Waals surface area contributed by atoms with Gasteiger partial charge in [-0.3, -0.25) is 4.84 Å². The number of fused-ring (bicyclic) bond motifs is 3. The number of benzene rings is 1. The molecule has 3 saturated carbocycles. The van der Waals surface area contributed by atoms with Crippen molar-refractivity contribution in [2.75, 3.05) is 12.0 Å². The van der Waals surface area contributed by atoms with E-state index in [0.29, 0.717) is 5.92 Å². The predicted molar refractivity (Wildman–Crippen MR) is 88.1 cm³/mol. The van der Waals surface area contributed by atoms with Gasteiger partial charge in [0.1, 0.15) is 5.60 Å². The van der Waals surface area contributed by atoms with E-state index in [9.17, 15) is 0 Å². The Labute approximate surface area is 135 Å². The molecule has 4 aliphatic rings. The van der Waals surface area contributed by atoms with Crippen LogP contribution in [0, 0.1) is 11.8 Å². The number of aryl methyl sites for hydroxylation is 1. The van der Waals surface area contributed by atoms with Crippen LogP contribution in [0.4, 0.5) is 5.69 Å². The van der Waals surface area contributed by atoms with Crippen molar-refractivity contribution in [3.8, 4) is 0 Å². The van der Waals surface area contributed by atoms with E-state index in [1.807, 2.05) is 23.1 Å². The molecule has 2 bridgehead atoms. The Bertz CT molecular complexity index is 736. The van der Waals surface area contributed by atoms with Gasteiger partial charge in [0.2, 0.25) is 0 Å². The molecule has 6 heteroatoms. The second kappa shape index (κ2) is 4.93. The monoisotopic (exact) mass is 313 g/mol. The molecule has 1 spiro atoms. The maximum Gasteiger partial charge on any atom is 0.110 e. The first-order chi connectivity index (χ1) is 11.2. The highest BCUT2D eigenvalue weighted by atomic mass is 16.7. The van der Waals surface area contributed by atoms with Gasteiger partial charge in [0.25, 0.3) is 0 Å². The van der Waals surface area contributed by atoms with Crippen LogP contribution in [0.1, 0.15) is 32.1 Å². The van der Waals surface area contributed by atoms with E-state index >= 15 is 0 Å². The molecule has 1 saturated heterocycles. The van der Waals surface area contributed by atoms with Gasteiger partial charge in [-0.1, -0.05) is 0 Å². The minimum atomic E-state index is 0.00324. The molecule has 6 rings (SSSR count). The van der Waals surface area contributed by atoms with Crippen LogP contribution >= 0.6 is 0 Å². The molecule has 1 aliphatic heterocycles. The van der Waals surface area contributed by atoms with Gasteiger partial charge in [0, 0.05) is 7.05 Å². The summed E-state index contributed by atoms with van der Waals surface area (Å²) in [6.07, 6.45) is 8.46. The minimum absolute atomic E-state index is 0.00324. The van der Waals surface area contributed by atoms with E-state index in [1.54, 1.807) is 0 Å². The summed E-state index contributed by atoms with van der Waals surface area (Å²) in [5, 5.41) is 1.99. The van der Waals surface area contributed by atoms with Crippen molar-refractivity contribution in [3.05, 3.63) is 24.5 Å².